The van der Waals surface area contributed by atoms with Crippen LogP contribution in [-0.4, -0.2) is 55.6 Å². The maximum atomic E-state index is 11.8. The lowest BCUT2D eigenvalue weighted by Crippen LogP contribution is -2.52. The van der Waals surface area contributed by atoms with Gasteiger partial charge in [-0.1, -0.05) is 0 Å². The molecule has 0 aromatic heterocycles. The first kappa shape index (κ1) is 16.4. The van der Waals surface area contributed by atoms with Crippen LogP contribution in [0.15, 0.2) is 0 Å². The van der Waals surface area contributed by atoms with E-state index < -0.39 is 23.9 Å². The molecule has 0 aliphatic heterocycles. The molecule has 0 saturated heterocycles. The van der Waals surface area contributed by atoms with Gasteiger partial charge in [0, 0.05) is 13.1 Å². The molecule has 0 fully saturated rings. The average Bonchev–Trinajstić information content (AvgIpc) is 2.33. The summed E-state index contributed by atoms with van der Waals surface area (Å²) in [5.41, 5.74) is 0. The van der Waals surface area contributed by atoms with Crippen molar-refractivity contribution >= 4 is 17.9 Å². The van der Waals surface area contributed by atoms with Crippen LogP contribution in [0.25, 0.3) is 0 Å². The fourth-order valence-corrected chi connectivity index (χ4v) is 1.41. The van der Waals surface area contributed by atoms with E-state index in [0.717, 1.165) is 0 Å². The number of urea groups is 1. The van der Waals surface area contributed by atoms with Crippen molar-refractivity contribution in [3.05, 3.63) is 0 Å². The van der Waals surface area contributed by atoms with Gasteiger partial charge < -0.3 is 10.1 Å². The van der Waals surface area contributed by atoms with Crippen LogP contribution in [-0.2, 0) is 14.3 Å². The number of imide groups is 1. The van der Waals surface area contributed by atoms with E-state index in [4.69, 9.17) is 0 Å². The van der Waals surface area contributed by atoms with Gasteiger partial charge in [-0.3, -0.25) is 19.8 Å². The van der Waals surface area contributed by atoms with Gasteiger partial charge in [0.2, 0.25) is 5.91 Å². The second-order valence-corrected chi connectivity index (χ2v) is 4.09. The van der Waals surface area contributed by atoms with Gasteiger partial charge in [0.15, 0.2) is 0 Å². The number of esters is 1. The van der Waals surface area contributed by atoms with Gasteiger partial charge in [-0.2, -0.15) is 0 Å². The smallest absolute Gasteiger partial charge is 0.321 e. The number of carbonyl (C=O) groups excluding carboxylic acids is 3. The molecular formula is C11H21N3O4. The minimum absolute atomic E-state index is 0.00347. The SMILES string of the molecule is CNC(=O)NC(=O)C(C)N(CC(=O)OC)C(C)C. The largest absolute Gasteiger partial charge is 0.468 e. The molecule has 0 bridgehead atoms. The summed E-state index contributed by atoms with van der Waals surface area (Å²) in [6.07, 6.45) is 0. The summed E-state index contributed by atoms with van der Waals surface area (Å²) in [5, 5.41) is 4.46. The predicted molar refractivity (Wildman–Crippen MR) is 65.9 cm³/mol. The number of nitrogens with zero attached hydrogens (tertiary/aromatic N) is 1. The number of amides is 3. The van der Waals surface area contributed by atoms with Crippen LogP contribution in [0.2, 0.25) is 0 Å². The molecule has 0 radical (unpaired) electrons. The zero-order chi connectivity index (χ0) is 14.3. The van der Waals surface area contributed by atoms with Crippen molar-refractivity contribution in [1.29, 1.82) is 0 Å². The highest BCUT2D eigenvalue weighted by Crippen LogP contribution is 2.05. The number of carbonyl (C=O) groups is 3. The molecule has 0 aromatic rings. The van der Waals surface area contributed by atoms with Crippen molar-refractivity contribution in [2.75, 3.05) is 20.7 Å². The Morgan fingerprint density at radius 1 is 1.22 bits per heavy atom. The van der Waals surface area contributed by atoms with Crippen molar-refractivity contribution in [3.63, 3.8) is 0 Å². The Morgan fingerprint density at radius 3 is 2.17 bits per heavy atom. The third-order valence-corrected chi connectivity index (χ3v) is 2.54. The van der Waals surface area contributed by atoms with E-state index in [0.29, 0.717) is 0 Å². The highest BCUT2D eigenvalue weighted by molar-refractivity contribution is 5.96. The summed E-state index contributed by atoms with van der Waals surface area (Å²) in [5.74, 6) is -0.893. The first-order valence-electron chi connectivity index (χ1n) is 5.68. The second kappa shape index (κ2) is 7.65. The molecule has 104 valence electrons. The molecule has 0 aliphatic rings. The molecule has 7 heteroatoms. The van der Waals surface area contributed by atoms with Crippen LogP contribution in [0.1, 0.15) is 20.8 Å². The first-order valence-corrected chi connectivity index (χ1v) is 5.68. The van der Waals surface area contributed by atoms with Crippen molar-refractivity contribution in [3.8, 4) is 0 Å². The van der Waals surface area contributed by atoms with Gasteiger partial charge >= 0.3 is 12.0 Å². The van der Waals surface area contributed by atoms with Crippen LogP contribution in [0.3, 0.4) is 0 Å². The molecule has 0 saturated carbocycles. The Balaban J connectivity index is 4.65. The summed E-state index contributed by atoms with van der Waals surface area (Å²) in [7, 11) is 2.71. The monoisotopic (exact) mass is 259 g/mol. The molecule has 18 heavy (non-hydrogen) atoms. The van der Waals surface area contributed by atoms with Gasteiger partial charge in [0.25, 0.3) is 0 Å². The van der Waals surface area contributed by atoms with Crippen molar-refractivity contribution in [2.45, 2.75) is 32.9 Å². The molecule has 1 atom stereocenters. The Kier molecular flexibility index (Phi) is 6.96. The van der Waals surface area contributed by atoms with E-state index in [1.54, 1.807) is 11.8 Å². The van der Waals surface area contributed by atoms with E-state index in [1.807, 2.05) is 13.8 Å². The Morgan fingerprint density at radius 2 is 1.78 bits per heavy atom. The van der Waals surface area contributed by atoms with Crippen LogP contribution in [0.4, 0.5) is 4.79 Å². The van der Waals surface area contributed by atoms with Gasteiger partial charge in [-0.25, -0.2) is 4.79 Å². The number of hydrogen-bond donors (Lipinski definition) is 2. The lowest BCUT2D eigenvalue weighted by Gasteiger charge is -2.30. The fraction of sp³-hybridized carbons (Fsp3) is 0.727. The summed E-state index contributed by atoms with van der Waals surface area (Å²) >= 11 is 0. The molecule has 0 spiro atoms. The molecule has 0 rings (SSSR count). The third-order valence-electron chi connectivity index (χ3n) is 2.54. The fourth-order valence-electron chi connectivity index (χ4n) is 1.41. The third kappa shape index (κ3) is 5.13. The summed E-state index contributed by atoms with van der Waals surface area (Å²) in [6, 6.07) is -1.22. The maximum absolute atomic E-state index is 11.8. The van der Waals surface area contributed by atoms with Gasteiger partial charge in [-0.15, -0.1) is 0 Å². The van der Waals surface area contributed by atoms with E-state index in [1.165, 1.54) is 14.2 Å². The number of nitrogens with one attached hydrogen (secondary N) is 2. The number of rotatable bonds is 5. The molecule has 0 aliphatic carbocycles. The number of hydrogen-bond acceptors (Lipinski definition) is 5. The lowest BCUT2D eigenvalue weighted by molar-refractivity contribution is -0.143. The molecule has 0 heterocycles. The Hall–Kier alpha value is -1.63. The molecule has 7 nitrogen and oxygen atoms in total. The summed E-state index contributed by atoms with van der Waals surface area (Å²) in [4.78, 5) is 35.7. The summed E-state index contributed by atoms with van der Waals surface area (Å²) < 4.78 is 4.57. The van der Waals surface area contributed by atoms with E-state index >= 15 is 0 Å². The molecule has 3 amide bonds. The zero-order valence-electron chi connectivity index (χ0n) is 11.4. The normalized spacial score (nSPS) is 12.2. The molecular weight excluding hydrogens is 238 g/mol. The Labute approximate surface area is 107 Å². The maximum Gasteiger partial charge on any atom is 0.321 e. The first-order chi connectivity index (χ1) is 8.33. The van der Waals surface area contributed by atoms with Crippen molar-refractivity contribution in [1.82, 2.24) is 15.5 Å². The van der Waals surface area contributed by atoms with Crippen LogP contribution in [0, 0.1) is 0 Å². The lowest BCUT2D eigenvalue weighted by atomic mass is 10.2. The predicted octanol–water partition coefficient (Wildman–Crippen LogP) is -0.286. The minimum Gasteiger partial charge on any atom is -0.468 e. The van der Waals surface area contributed by atoms with Gasteiger partial charge in [0.05, 0.1) is 19.7 Å². The number of methoxy groups -OCH3 is 1. The van der Waals surface area contributed by atoms with Crippen molar-refractivity contribution in [2.24, 2.45) is 0 Å². The van der Waals surface area contributed by atoms with Gasteiger partial charge in [-0.05, 0) is 20.8 Å². The molecule has 0 aromatic carbocycles. The van der Waals surface area contributed by atoms with Crippen molar-refractivity contribution < 1.29 is 19.1 Å². The van der Waals surface area contributed by atoms with Crippen LogP contribution >= 0.6 is 0 Å². The standard InChI is InChI=1S/C11H21N3O4/c1-7(2)14(6-9(15)18-5)8(3)10(16)13-11(17)12-4/h7-8H,6H2,1-5H3,(H2,12,13,16,17). The van der Waals surface area contributed by atoms with E-state index in [2.05, 4.69) is 15.4 Å². The van der Waals surface area contributed by atoms with E-state index in [9.17, 15) is 14.4 Å². The second-order valence-electron chi connectivity index (χ2n) is 4.09. The summed E-state index contributed by atoms with van der Waals surface area (Å²) in [6.45, 7) is 5.33. The van der Waals surface area contributed by atoms with E-state index in [-0.39, 0.29) is 12.6 Å². The van der Waals surface area contributed by atoms with Crippen LogP contribution < -0.4 is 10.6 Å². The van der Waals surface area contributed by atoms with Crippen LogP contribution in [0.5, 0.6) is 0 Å². The number of ether oxygens (including phenoxy) is 1. The quantitative estimate of drug-likeness (QED) is 0.663. The minimum atomic E-state index is -0.610. The molecule has 1 unspecified atom stereocenters. The molecule has 2 N–H and O–H groups in total. The zero-order valence-corrected chi connectivity index (χ0v) is 11.4. The Bertz CT molecular complexity index is 317. The van der Waals surface area contributed by atoms with Gasteiger partial charge in [0.1, 0.15) is 0 Å². The topological polar surface area (TPSA) is 87.7 Å². The average molecular weight is 259 g/mol. The highest BCUT2D eigenvalue weighted by Gasteiger charge is 2.26. The highest BCUT2D eigenvalue weighted by atomic mass is 16.5.